The van der Waals surface area contributed by atoms with E-state index < -0.39 is 6.36 Å². The Bertz CT molecular complexity index is 488. The third kappa shape index (κ3) is 4.35. The van der Waals surface area contributed by atoms with Gasteiger partial charge >= 0.3 is 6.36 Å². The molecule has 0 aliphatic carbocycles. The summed E-state index contributed by atoms with van der Waals surface area (Å²) in [6.07, 6.45) is -2.71. The second-order valence-corrected chi connectivity index (χ2v) is 4.99. The Hall–Kier alpha value is -1.76. The van der Waals surface area contributed by atoms with Gasteiger partial charge in [-0.15, -0.1) is 13.2 Å². The molecule has 1 atom stereocenters. The zero-order valence-corrected chi connectivity index (χ0v) is 11.4. The van der Waals surface area contributed by atoms with E-state index in [-0.39, 0.29) is 24.1 Å². The zero-order chi connectivity index (χ0) is 15.5. The van der Waals surface area contributed by atoms with E-state index in [1.807, 2.05) is 0 Å². The van der Waals surface area contributed by atoms with Crippen LogP contribution in [0.1, 0.15) is 18.4 Å². The number of amides is 1. The molecule has 4 nitrogen and oxygen atoms in total. The summed E-state index contributed by atoms with van der Waals surface area (Å²) in [6, 6.07) is 5.42. The number of nitrogens with two attached hydrogens (primary N) is 1. The molecule has 116 valence electrons. The molecule has 2 rings (SSSR count). The molecule has 0 unspecified atom stereocenters. The van der Waals surface area contributed by atoms with Crippen LogP contribution < -0.4 is 10.5 Å². The van der Waals surface area contributed by atoms with Crippen molar-refractivity contribution in [3.8, 4) is 5.75 Å². The minimum absolute atomic E-state index is 0.0487. The Morgan fingerprint density at radius 2 is 2.00 bits per heavy atom. The number of hydrogen-bond acceptors (Lipinski definition) is 3. The van der Waals surface area contributed by atoms with Gasteiger partial charge in [0, 0.05) is 19.1 Å². The number of benzene rings is 1. The number of rotatable bonds is 4. The highest BCUT2D eigenvalue weighted by atomic mass is 19.4. The molecule has 7 heteroatoms. The van der Waals surface area contributed by atoms with Crippen molar-refractivity contribution in [2.45, 2.75) is 31.7 Å². The largest absolute Gasteiger partial charge is 0.573 e. The predicted octanol–water partition coefficient (Wildman–Crippen LogP) is 2.08. The summed E-state index contributed by atoms with van der Waals surface area (Å²) in [7, 11) is 0. The summed E-state index contributed by atoms with van der Waals surface area (Å²) in [4.78, 5) is 13.9. The van der Waals surface area contributed by atoms with Gasteiger partial charge in [-0.2, -0.15) is 0 Å². The molecule has 1 fully saturated rings. The van der Waals surface area contributed by atoms with Crippen LogP contribution in [0, 0.1) is 0 Å². The van der Waals surface area contributed by atoms with Crippen molar-refractivity contribution in [2.75, 3.05) is 13.1 Å². The van der Waals surface area contributed by atoms with Gasteiger partial charge in [0.25, 0.3) is 0 Å². The van der Waals surface area contributed by atoms with E-state index in [4.69, 9.17) is 5.73 Å². The Kier molecular flexibility index (Phi) is 4.72. The van der Waals surface area contributed by atoms with Crippen molar-refractivity contribution < 1.29 is 22.7 Å². The molecule has 1 heterocycles. The average molecular weight is 302 g/mol. The number of hydrogen-bond donors (Lipinski definition) is 1. The van der Waals surface area contributed by atoms with Crippen molar-refractivity contribution in [2.24, 2.45) is 5.73 Å². The first-order valence-electron chi connectivity index (χ1n) is 6.73. The van der Waals surface area contributed by atoms with Gasteiger partial charge in [0.2, 0.25) is 5.91 Å². The van der Waals surface area contributed by atoms with E-state index in [1.54, 1.807) is 4.90 Å². The normalized spacial score (nSPS) is 18.9. The van der Waals surface area contributed by atoms with E-state index in [2.05, 4.69) is 4.74 Å². The van der Waals surface area contributed by atoms with Gasteiger partial charge in [0.15, 0.2) is 0 Å². The fourth-order valence-corrected chi connectivity index (χ4v) is 2.49. The third-order valence-corrected chi connectivity index (χ3v) is 3.48. The Morgan fingerprint density at radius 1 is 1.33 bits per heavy atom. The highest BCUT2D eigenvalue weighted by Crippen LogP contribution is 2.23. The maximum Gasteiger partial charge on any atom is 0.573 e. The van der Waals surface area contributed by atoms with Crippen molar-refractivity contribution in [3.05, 3.63) is 29.8 Å². The molecule has 0 spiro atoms. The van der Waals surface area contributed by atoms with Crippen LogP contribution in [0.5, 0.6) is 5.75 Å². The van der Waals surface area contributed by atoms with Crippen LogP contribution in [-0.2, 0) is 11.2 Å². The molecular formula is C14H17F3N2O2. The first kappa shape index (κ1) is 15.6. The van der Waals surface area contributed by atoms with Gasteiger partial charge in [-0.25, -0.2) is 0 Å². The highest BCUT2D eigenvalue weighted by molar-refractivity contribution is 5.79. The number of nitrogens with zero attached hydrogens (tertiary/aromatic N) is 1. The number of ether oxygens (including phenoxy) is 1. The van der Waals surface area contributed by atoms with Crippen molar-refractivity contribution >= 4 is 5.91 Å². The number of carbonyl (C=O) groups excluding carboxylic acids is 1. The van der Waals surface area contributed by atoms with Crippen molar-refractivity contribution in [1.29, 1.82) is 0 Å². The molecule has 1 aliphatic rings. The summed E-state index contributed by atoms with van der Waals surface area (Å²) >= 11 is 0. The van der Waals surface area contributed by atoms with Crippen LogP contribution in [0.2, 0.25) is 0 Å². The maximum absolute atomic E-state index is 12.2. The van der Waals surface area contributed by atoms with Gasteiger partial charge in [-0.05, 0) is 30.5 Å². The molecule has 0 radical (unpaired) electrons. The molecule has 0 saturated carbocycles. The van der Waals surface area contributed by atoms with E-state index in [9.17, 15) is 18.0 Å². The van der Waals surface area contributed by atoms with Crippen LogP contribution >= 0.6 is 0 Å². The second-order valence-electron chi connectivity index (χ2n) is 4.99. The predicted molar refractivity (Wildman–Crippen MR) is 70.6 cm³/mol. The first-order valence-corrected chi connectivity index (χ1v) is 6.73. The van der Waals surface area contributed by atoms with Crippen LogP contribution in [0.25, 0.3) is 0 Å². The number of halogens is 3. The van der Waals surface area contributed by atoms with E-state index >= 15 is 0 Å². The smallest absolute Gasteiger partial charge is 0.406 e. The van der Waals surface area contributed by atoms with Crippen molar-refractivity contribution in [1.82, 2.24) is 4.90 Å². The lowest BCUT2D eigenvalue weighted by atomic mass is 10.1. The molecule has 0 aromatic heterocycles. The molecular weight excluding hydrogens is 285 g/mol. The van der Waals surface area contributed by atoms with Gasteiger partial charge in [-0.1, -0.05) is 12.1 Å². The van der Waals surface area contributed by atoms with Crippen LogP contribution in [-0.4, -0.2) is 36.3 Å². The number of carbonyl (C=O) groups is 1. The van der Waals surface area contributed by atoms with E-state index in [1.165, 1.54) is 24.3 Å². The molecule has 1 amide bonds. The fraction of sp³-hybridized carbons (Fsp3) is 0.500. The van der Waals surface area contributed by atoms with Gasteiger partial charge in [-0.3, -0.25) is 4.79 Å². The zero-order valence-electron chi connectivity index (χ0n) is 11.4. The molecule has 1 aromatic carbocycles. The molecule has 1 aromatic rings. The molecule has 1 aliphatic heterocycles. The third-order valence-electron chi connectivity index (χ3n) is 3.48. The Morgan fingerprint density at radius 3 is 2.57 bits per heavy atom. The summed E-state index contributed by atoms with van der Waals surface area (Å²) in [6.45, 7) is 1.13. The fourth-order valence-electron chi connectivity index (χ4n) is 2.49. The minimum Gasteiger partial charge on any atom is -0.406 e. The van der Waals surface area contributed by atoms with E-state index in [0.717, 1.165) is 12.8 Å². The highest BCUT2D eigenvalue weighted by Gasteiger charge is 2.31. The number of alkyl halides is 3. The summed E-state index contributed by atoms with van der Waals surface area (Å²) in [5.74, 6) is -0.341. The standard InChI is InChI=1S/C14H17F3N2O2/c15-14(16,17)21-12-5-3-10(4-6-12)8-13(20)19-7-1-2-11(19)9-18/h3-6,11H,1-2,7-9,18H2/t11-/m0/s1. The molecule has 1 saturated heterocycles. The first-order chi connectivity index (χ1) is 9.89. The minimum atomic E-state index is -4.71. The van der Waals surface area contributed by atoms with E-state index in [0.29, 0.717) is 18.7 Å². The SMILES string of the molecule is NC[C@@H]1CCCN1C(=O)Cc1ccc(OC(F)(F)F)cc1. The topological polar surface area (TPSA) is 55.6 Å². The van der Waals surface area contributed by atoms with Crippen LogP contribution in [0.15, 0.2) is 24.3 Å². The van der Waals surface area contributed by atoms with Gasteiger partial charge < -0.3 is 15.4 Å². The Labute approximate surface area is 120 Å². The quantitative estimate of drug-likeness (QED) is 0.926. The lowest BCUT2D eigenvalue weighted by molar-refractivity contribution is -0.274. The van der Waals surface area contributed by atoms with Crippen molar-refractivity contribution in [3.63, 3.8) is 0 Å². The van der Waals surface area contributed by atoms with Gasteiger partial charge in [0.1, 0.15) is 5.75 Å². The Balaban J connectivity index is 1.95. The monoisotopic (exact) mass is 302 g/mol. The molecule has 0 bridgehead atoms. The lowest BCUT2D eigenvalue weighted by Gasteiger charge is -2.23. The average Bonchev–Trinajstić information content (AvgIpc) is 2.87. The molecule has 2 N–H and O–H groups in total. The number of likely N-dealkylation sites (tertiary alicyclic amines) is 1. The molecule has 21 heavy (non-hydrogen) atoms. The summed E-state index contributed by atoms with van der Waals surface area (Å²) in [5.41, 5.74) is 6.27. The van der Waals surface area contributed by atoms with Crippen LogP contribution in [0.4, 0.5) is 13.2 Å². The summed E-state index contributed by atoms with van der Waals surface area (Å²) in [5, 5.41) is 0. The van der Waals surface area contributed by atoms with Crippen LogP contribution in [0.3, 0.4) is 0 Å². The lowest BCUT2D eigenvalue weighted by Crippen LogP contribution is -2.40. The van der Waals surface area contributed by atoms with Gasteiger partial charge in [0.05, 0.1) is 6.42 Å². The summed E-state index contributed by atoms with van der Waals surface area (Å²) < 4.78 is 39.9. The second kappa shape index (κ2) is 6.34. The maximum atomic E-state index is 12.2.